The second kappa shape index (κ2) is 9.94. The minimum absolute atomic E-state index is 0.0766. The normalized spacial score (nSPS) is 17.1. The molecule has 0 aromatic heterocycles. The van der Waals surface area contributed by atoms with E-state index in [1.165, 1.54) is 23.1 Å². The predicted molar refractivity (Wildman–Crippen MR) is 135 cm³/mol. The van der Waals surface area contributed by atoms with E-state index in [0.29, 0.717) is 16.8 Å². The quantitative estimate of drug-likeness (QED) is 0.248. The van der Waals surface area contributed by atoms with Crippen molar-refractivity contribution in [2.24, 2.45) is 0 Å². The van der Waals surface area contributed by atoms with E-state index in [1.807, 2.05) is 31.2 Å². The summed E-state index contributed by atoms with van der Waals surface area (Å²) in [6.45, 7) is 2.02. The molecule has 178 valence electrons. The van der Waals surface area contributed by atoms with Gasteiger partial charge in [0.05, 0.1) is 28.1 Å². The maximum Gasteiger partial charge on any atom is 0.307 e. The van der Waals surface area contributed by atoms with Gasteiger partial charge in [-0.3, -0.25) is 19.3 Å². The van der Waals surface area contributed by atoms with Crippen molar-refractivity contribution in [1.82, 2.24) is 0 Å². The van der Waals surface area contributed by atoms with E-state index < -0.39 is 23.7 Å². The molecule has 1 heterocycles. The maximum absolute atomic E-state index is 13.2. The number of benzene rings is 3. The molecule has 3 aromatic rings. The zero-order valence-corrected chi connectivity index (χ0v) is 20.2. The van der Waals surface area contributed by atoms with Gasteiger partial charge < -0.3 is 10.2 Å². The molecule has 4 rings (SSSR count). The van der Waals surface area contributed by atoms with Crippen molar-refractivity contribution in [3.8, 4) is 0 Å². The van der Waals surface area contributed by atoms with Gasteiger partial charge in [-0.2, -0.15) is 0 Å². The number of hydrogen-bond acceptors (Lipinski definition) is 4. The van der Waals surface area contributed by atoms with Crippen LogP contribution in [-0.2, 0) is 27.2 Å². The zero-order valence-electron chi connectivity index (χ0n) is 18.7. The fourth-order valence-electron chi connectivity index (χ4n) is 4.10. The first-order valence-corrected chi connectivity index (χ1v) is 11.6. The summed E-state index contributed by atoms with van der Waals surface area (Å²) < 4.78 is 0. The van der Waals surface area contributed by atoms with E-state index in [1.54, 1.807) is 24.3 Å². The number of hydrogen-bond donors (Lipinski definition) is 2. The first-order valence-electron chi connectivity index (χ1n) is 10.9. The Bertz CT molecular complexity index is 1350. The summed E-state index contributed by atoms with van der Waals surface area (Å²) in [6, 6.07) is 17.4. The average Bonchev–Trinajstić information content (AvgIpc) is 3.11. The molecular weight excluding hydrogens is 489 g/mol. The lowest BCUT2D eigenvalue weighted by molar-refractivity contribution is -0.136. The molecule has 0 spiro atoms. The van der Waals surface area contributed by atoms with Crippen LogP contribution in [0.3, 0.4) is 0 Å². The Morgan fingerprint density at radius 2 is 1.51 bits per heavy atom. The van der Waals surface area contributed by atoms with Crippen LogP contribution in [0, 0.1) is 0 Å². The van der Waals surface area contributed by atoms with Crippen LogP contribution < -0.4 is 4.90 Å². The van der Waals surface area contributed by atoms with Crippen LogP contribution in [0.15, 0.2) is 72.3 Å². The van der Waals surface area contributed by atoms with Gasteiger partial charge in [-0.05, 0) is 53.4 Å². The Hall–Kier alpha value is -3.61. The summed E-state index contributed by atoms with van der Waals surface area (Å²) in [5.74, 6) is -2.98. The van der Waals surface area contributed by atoms with E-state index in [0.717, 1.165) is 12.0 Å². The van der Waals surface area contributed by atoms with Crippen LogP contribution in [0.4, 0.5) is 5.69 Å². The third-order valence-corrected chi connectivity index (χ3v) is 6.65. The number of aliphatic carboxylic acids is 1. The molecule has 2 N–H and O–H groups in total. The van der Waals surface area contributed by atoms with Crippen molar-refractivity contribution < 1.29 is 24.6 Å². The zero-order chi connectivity index (χ0) is 25.3. The second-order valence-electron chi connectivity index (χ2n) is 8.13. The second-order valence-corrected chi connectivity index (χ2v) is 8.94. The number of carboxylic acid groups (broad SMARTS) is 1. The van der Waals surface area contributed by atoms with E-state index in [9.17, 15) is 19.5 Å². The summed E-state index contributed by atoms with van der Waals surface area (Å²) in [5.41, 5.74) is 2.85. The molecule has 8 heteroatoms. The highest BCUT2D eigenvalue weighted by atomic mass is 35.5. The third kappa shape index (κ3) is 4.81. The Kier molecular flexibility index (Phi) is 6.96. The van der Waals surface area contributed by atoms with Crippen LogP contribution in [-0.4, -0.2) is 27.9 Å². The number of ketones is 1. The lowest BCUT2D eigenvalue weighted by Gasteiger charge is -2.26. The number of carbonyl (C=O) groups excluding carboxylic acids is 2. The van der Waals surface area contributed by atoms with Crippen molar-refractivity contribution in [1.29, 1.82) is 0 Å². The van der Waals surface area contributed by atoms with Crippen LogP contribution in [0.25, 0.3) is 5.76 Å². The van der Waals surface area contributed by atoms with Gasteiger partial charge in [0.15, 0.2) is 0 Å². The topological polar surface area (TPSA) is 94.9 Å². The molecule has 1 saturated heterocycles. The first kappa shape index (κ1) is 24.5. The van der Waals surface area contributed by atoms with Crippen LogP contribution >= 0.6 is 23.2 Å². The number of anilines is 1. The number of aliphatic hydroxyl groups excluding tert-OH is 1. The Morgan fingerprint density at radius 1 is 0.886 bits per heavy atom. The van der Waals surface area contributed by atoms with E-state index >= 15 is 0 Å². The highest BCUT2D eigenvalue weighted by molar-refractivity contribution is 6.51. The van der Waals surface area contributed by atoms with Gasteiger partial charge in [-0.1, -0.05) is 66.5 Å². The van der Waals surface area contributed by atoms with Gasteiger partial charge in [-0.15, -0.1) is 0 Å². The van der Waals surface area contributed by atoms with Gasteiger partial charge in [0.2, 0.25) is 0 Å². The smallest absolute Gasteiger partial charge is 0.307 e. The number of halogens is 2. The van der Waals surface area contributed by atoms with Crippen molar-refractivity contribution in [3.05, 3.63) is 105 Å². The van der Waals surface area contributed by atoms with Gasteiger partial charge in [0.25, 0.3) is 11.7 Å². The molecule has 1 aliphatic heterocycles. The van der Waals surface area contributed by atoms with E-state index in [4.69, 9.17) is 28.3 Å². The van der Waals surface area contributed by atoms with Crippen molar-refractivity contribution in [2.75, 3.05) is 4.90 Å². The highest BCUT2D eigenvalue weighted by Crippen LogP contribution is 2.42. The Morgan fingerprint density at radius 3 is 2.09 bits per heavy atom. The minimum Gasteiger partial charge on any atom is -0.507 e. The molecular formula is C27H21Cl2NO5. The number of nitrogens with zero attached hydrogens (tertiary/aromatic N) is 1. The lowest BCUT2D eigenvalue weighted by Crippen LogP contribution is -2.29. The molecule has 3 aromatic carbocycles. The summed E-state index contributed by atoms with van der Waals surface area (Å²) in [6.07, 6.45) is 0.646. The van der Waals surface area contributed by atoms with E-state index in [-0.39, 0.29) is 33.4 Å². The molecule has 0 aliphatic carbocycles. The summed E-state index contributed by atoms with van der Waals surface area (Å²) in [7, 11) is 0. The largest absolute Gasteiger partial charge is 0.507 e. The van der Waals surface area contributed by atoms with Crippen LogP contribution in [0.5, 0.6) is 0 Å². The maximum atomic E-state index is 13.2. The number of aliphatic hydroxyl groups is 1. The SMILES string of the molecule is CCc1ccc(C2/C(=C(/O)c3ccc(Cl)c(Cl)c3)C(=O)C(=O)N2c2ccc(CC(=O)O)cc2)cc1. The molecule has 1 unspecified atom stereocenters. The van der Waals surface area contributed by atoms with Gasteiger partial charge >= 0.3 is 5.97 Å². The van der Waals surface area contributed by atoms with Gasteiger partial charge in [0.1, 0.15) is 5.76 Å². The molecule has 0 saturated carbocycles. The number of Topliss-reactive ketones (excluding diaryl/α,β-unsaturated/α-hetero) is 1. The number of aryl methyl sites for hydroxylation is 1. The summed E-state index contributed by atoms with van der Waals surface area (Å²) in [4.78, 5) is 38.8. The minimum atomic E-state index is -0.976. The predicted octanol–water partition coefficient (Wildman–Crippen LogP) is 5.81. The monoisotopic (exact) mass is 509 g/mol. The van der Waals surface area contributed by atoms with Gasteiger partial charge in [-0.25, -0.2) is 0 Å². The fraction of sp³-hybridized carbons (Fsp3) is 0.148. The number of carbonyl (C=O) groups is 3. The molecule has 1 aliphatic rings. The fourth-order valence-corrected chi connectivity index (χ4v) is 4.40. The Balaban J connectivity index is 1.88. The lowest BCUT2D eigenvalue weighted by atomic mass is 9.94. The summed E-state index contributed by atoms with van der Waals surface area (Å²) in [5, 5.41) is 20.7. The van der Waals surface area contributed by atoms with Crippen molar-refractivity contribution >= 4 is 52.3 Å². The van der Waals surface area contributed by atoms with Crippen LogP contribution in [0.1, 0.15) is 35.2 Å². The van der Waals surface area contributed by atoms with Crippen molar-refractivity contribution in [2.45, 2.75) is 25.8 Å². The van der Waals surface area contributed by atoms with Crippen molar-refractivity contribution in [3.63, 3.8) is 0 Å². The average molecular weight is 510 g/mol. The number of amides is 1. The molecule has 35 heavy (non-hydrogen) atoms. The molecule has 0 radical (unpaired) electrons. The Labute approximate surface area is 212 Å². The molecule has 1 atom stereocenters. The molecule has 0 bridgehead atoms. The third-order valence-electron chi connectivity index (χ3n) is 5.91. The molecule has 1 fully saturated rings. The standard InChI is InChI=1S/C27H21Cl2NO5/c1-2-15-3-7-17(8-4-15)24-23(25(33)18-9-12-20(28)21(29)14-18)26(34)27(35)30(24)19-10-5-16(6-11-19)13-22(31)32/h3-12,14,24,33H,2,13H2,1H3,(H,31,32)/b25-23-. The molecule has 1 amide bonds. The summed E-state index contributed by atoms with van der Waals surface area (Å²) >= 11 is 12.1. The first-order chi connectivity index (χ1) is 16.7. The highest BCUT2D eigenvalue weighted by Gasteiger charge is 2.47. The molecule has 6 nitrogen and oxygen atoms in total. The number of rotatable bonds is 6. The van der Waals surface area contributed by atoms with Gasteiger partial charge in [0, 0.05) is 11.3 Å². The number of carboxylic acids is 1. The van der Waals surface area contributed by atoms with E-state index in [2.05, 4.69) is 0 Å². The van der Waals surface area contributed by atoms with Crippen LogP contribution in [0.2, 0.25) is 10.0 Å².